The van der Waals surface area contributed by atoms with Crippen molar-refractivity contribution in [2.45, 2.75) is 51.4 Å². The third-order valence-electron chi connectivity index (χ3n) is 8.32. The Bertz CT molecular complexity index is 2020. The summed E-state index contributed by atoms with van der Waals surface area (Å²) >= 11 is 0. The van der Waals surface area contributed by atoms with Gasteiger partial charge in [-0.15, -0.1) is 0 Å². The number of alkyl carbamates (subject to hydrolysis) is 1. The zero-order valence-corrected chi connectivity index (χ0v) is 30.7. The smallest absolute Gasteiger partial charge is 0.421 e. The summed E-state index contributed by atoms with van der Waals surface area (Å²) < 4.78 is 27.5. The number of carbonyl (C=O) groups excluding carboxylic acids is 4. The summed E-state index contributed by atoms with van der Waals surface area (Å²) in [5.74, 6) is -1.49. The SMILES string of the molecule is C[C@@](Cc1ccc(O)c(OCc2ccccc2)c1)(NNC(=O)OC[C@H](NC(=O)OCc1ccccc1)C(=O)OCc1ccccc1)C(=O)OCc1ccccc1. The van der Waals surface area contributed by atoms with Crippen molar-refractivity contribution in [1.82, 2.24) is 16.2 Å². The molecule has 0 bridgehead atoms. The molecule has 0 unspecified atom stereocenters. The third-order valence-corrected chi connectivity index (χ3v) is 8.32. The number of carbonyl (C=O) groups is 4. The molecule has 0 fully saturated rings. The first-order valence-electron chi connectivity index (χ1n) is 17.7. The molecule has 56 heavy (non-hydrogen) atoms. The highest BCUT2D eigenvalue weighted by molar-refractivity contribution is 5.83. The van der Waals surface area contributed by atoms with Gasteiger partial charge in [0.25, 0.3) is 0 Å². The van der Waals surface area contributed by atoms with Crippen LogP contribution in [-0.4, -0.2) is 47.4 Å². The predicted octanol–water partition coefficient (Wildman–Crippen LogP) is 6.29. The van der Waals surface area contributed by atoms with Gasteiger partial charge in [-0.3, -0.25) is 5.43 Å². The summed E-state index contributed by atoms with van der Waals surface area (Å²) in [6, 6.07) is 39.5. The van der Waals surface area contributed by atoms with Crippen LogP contribution in [0.5, 0.6) is 11.5 Å². The topological polar surface area (TPSA) is 171 Å². The monoisotopic (exact) mass is 761 g/mol. The number of hydrazine groups is 1. The maximum absolute atomic E-state index is 13.7. The molecule has 290 valence electrons. The van der Waals surface area contributed by atoms with Gasteiger partial charge < -0.3 is 34.1 Å². The van der Waals surface area contributed by atoms with E-state index in [9.17, 15) is 24.3 Å². The molecule has 0 saturated heterocycles. The number of rotatable bonds is 18. The highest BCUT2D eigenvalue weighted by Crippen LogP contribution is 2.29. The number of amides is 2. The Kier molecular flexibility index (Phi) is 14.8. The number of esters is 2. The molecule has 4 N–H and O–H groups in total. The molecule has 0 aliphatic carbocycles. The van der Waals surface area contributed by atoms with E-state index in [0.717, 1.165) is 16.7 Å². The molecule has 0 radical (unpaired) electrons. The predicted molar refractivity (Wildman–Crippen MR) is 205 cm³/mol. The van der Waals surface area contributed by atoms with Gasteiger partial charge in [0, 0.05) is 6.42 Å². The summed E-state index contributed by atoms with van der Waals surface area (Å²) in [5, 5.41) is 12.9. The van der Waals surface area contributed by atoms with Crippen LogP contribution in [0.4, 0.5) is 9.59 Å². The summed E-state index contributed by atoms with van der Waals surface area (Å²) in [5.41, 5.74) is 7.12. The van der Waals surface area contributed by atoms with Crippen LogP contribution in [0.1, 0.15) is 34.7 Å². The standard InChI is InChI=1S/C43H43N3O10/c1-43(40(49)54-28-33-18-10-4-11-19-33,25-35-22-23-37(47)38(24-35)52-26-31-14-6-2-7-15-31)46-45-42(51)56-30-36(39(48)53-27-32-16-8-3-9-17-32)44-41(50)55-29-34-20-12-5-13-21-34/h2-24,36,46-47H,25-30H2,1H3,(H,44,50)(H,45,51)/t36-,43-/m0/s1. The normalized spacial score (nSPS) is 12.2. The highest BCUT2D eigenvalue weighted by atomic mass is 16.6. The number of hydrogen-bond acceptors (Lipinski definition) is 11. The van der Waals surface area contributed by atoms with Crippen molar-refractivity contribution in [2.24, 2.45) is 0 Å². The number of phenolic OH excluding ortho intramolecular Hbond substituents is 1. The summed E-state index contributed by atoms with van der Waals surface area (Å²) in [4.78, 5) is 52.5. The minimum absolute atomic E-state index is 0.0356. The van der Waals surface area contributed by atoms with Crippen LogP contribution in [0, 0.1) is 0 Å². The third kappa shape index (κ3) is 12.9. The van der Waals surface area contributed by atoms with Gasteiger partial charge >= 0.3 is 24.1 Å². The molecule has 2 amide bonds. The van der Waals surface area contributed by atoms with Gasteiger partial charge in [0.15, 0.2) is 17.5 Å². The second kappa shape index (κ2) is 20.6. The van der Waals surface area contributed by atoms with Gasteiger partial charge in [-0.2, -0.15) is 0 Å². The summed E-state index contributed by atoms with van der Waals surface area (Å²) in [7, 11) is 0. The van der Waals surface area contributed by atoms with E-state index in [2.05, 4.69) is 16.2 Å². The molecule has 5 aromatic carbocycles. The van der Waals surface area contributed by atoms with Crippen molar-refractivity contribution in [3.63, 3.8) is 0 Å². The van der Waals surface area contributed by atoms with Gasteiger partial charge in [0.05, 0.1) is 0 Å². The van der Waals surface area contributed by atoms with Crippen molar-refractivity contribution in [3.8, 4) is 11.5 Å². The van der Waals surface area contributed by atoms with E-state index in [4.69, 9.17) is 23.7 Å². The van der Waals surface area contributed by atoms with Crippen molar-refractivity contribution < 1.29 is 48.0 Å². The first-order valence-corrected chi connectivity index (χ1v) is 17.7. The Morgan fingerprint density at radius 1 is 0.589 bits per heavy atom. The fraction of sp³-hybridized carbons (Fsp3) is 0.209. The minimum Gasteiger partial charge on any atom is -0.504 e. The van der Waals surface area contributed by atoms with Crippen LogP contribution in [-0.2, 0) is 61.4 Å². The molecule has 0 aliphatic heterocycles. The average molecular weight is 762 g/mol. The van der Waals surface area contributed by atoms with E-state index in [1.165, 1.54) is 13.0 Å². The van der Waals surface area contributed by atoms with E-state index in [0.29, 0.717) is 11.1 Å². The molecule has 0 heterocycles. The van der Waals surface area contributed by atoms with E-state index < -0.39 is 42.3 Å². The molecule has 5 rings (SSSR count). The molecular formula is C43H43N3O10. The Morgan fingerprint density at radius 3 is 1.64 bits per heavy atom. The molecular weight excluding hydrogens is 718 g/mol. The Labute approximate surface area is 324 Å². The van der Waals surface area contributed by atoms with Crippen LogP contribution >= 0.6 is 0 Å². The van der Waals surface area contributed by atoms with E-state index in [1.54, 1.807) is 72.8 Å². The van der Waals surface area contributed by atoms with Gasteiger partial charge in [-0.25, -0.2) is 24.6 Å². The quantitative estimate of drug-likeness (QED) is 0.0450. The summed E-state index contributed by atoms with van der Waals surface area (Å²) in [6.07, 6.45) is -2.05. The lowest BCUT2D eigenvalue weighted by atomic mass is 9.93. The Morgan fingerprint density at radius 2 is 1.09 bits per heavy atom. The van der Waals surface area contributed by atoms with Crippen molar-refractivity contribution in [1.29, 1.82) is 0 Å². The highest BCUT2D eigenvalue weighted by Gasteiger charge is 2.36. The number of nitrogens with one attached hydrogen (secondary N) is 3. The number of aromatic hydroxyl groups is 1. The van der Waals surface area contributed by atoms with E-state index in [1.807, 2.05) is 60.7 Å². The van der Waals surface area contributed by atoms with Gasteiger partial charge in [-0.1, -0.05) is 127 Å². The second-order valence-electron chi connectivity index (χ2n) is 12.8. The van der Waals surface area contributed by atoms with Crippen LogP contribution in [0.15, 0.2) is 140 Å². The maximum atomic E-state index is 13.7. The van der Waals surface area contributed by atoms with E-state index >= 15 is 0 Å². The van der Waals surface area contributed by atoms with E-state index in [-0.39, 0.29) is 44.3 Å². The van der Waals surface area contributed by atoms with Crippen LogP contribution < -0.4 is 20.9 Å². The first kappa shape index (κ1) is 40.3. The number of benzene rings is 5. The van der Waals surface area contributed by atoms with Gasteiger partial charge in [-0.05, 0) is 46.9 Å². The average Bonchev–Trinajstić information content (AvgIpc) is 3.23. The molecule has 0 spiro atoms. The molecule has 0 saturated carbocycles. The minimum atomic E-state index is -1.59. The zero-order valence-electron chi connectivity index (χ0n) is 30.7. The molecule has 0 aromatic heterocycles. The summed E-state index contributed by atoms with van der Waals surface area (Å²) in [6.45, 7) is 0.874. The van der Waals surface area contributed by atoms with Crippen molar-refractivity contribution in [3.05, 3.63) is 167 Å². The Balaban J connectivity index is 1.24. The zero-order chi connectivity index (χ0) is 39.6. The van der Waals surface area contributed by atoms with Gasteiger partial charge in [0.1, 0.15) is 38.6 Å². The lowest BCUT2D eigenvalue weighted by molar-refractivity contribution is -0.152. The van der Waals surface area contributed by atoms with Gasteiger partial charge in [0.2, 0.25) is 0 Å². The molecule has 2 atom stereocenters. The number of ether oxygens (including phenoxy) is 5. The van der Waals surface area contributed by atoms with Crippen LogP contribution in [0.3, 0.4) is 0 Å². The number of hydrogen-bond donors (Lipinski definition) is 4. The van der Waals surface area contributed by atoms with Crippen LogP contribution in [0.25, 0.3) is 0 Å². The van der Waals surface area contributed by atoms with Crippen molar-refractivity contribution in [2.75, 3.05) is 6.61 Å². The number of phenols is 1. The largest absolute Gasteiger partial charge is 0.504 e. The second-order valence-corrected chi connectivity index (χ2v) is 12.8. The molecule has 13 nitrogen and oxygen atoms in total. The fourth-order valence-electron chi connectivity index (χ4n) is 5.27. The molecule has 5 aromatic rings. The molecule has 0 aliphatic rings. The fourth-order valence-corrected chi connectivity index (χ4v) is 5.27. The Hall–Kier alpha value is -6.86. The van der Waals surface area contributed by atoms with Crippen LogP contribution in [0.2, 0.25) is 0 Å². The maximum Gasteiger partial charge on any atom is 0.421 e. The lowest BCUT2D eigenvalue weighted by Gasteiger charge is -2.29. The lowest BCUT2D eigenvalue weighted by Crippen LogP contribution is -2.59. The molecule has 13 heteroatoms. The van der Waals surface area contributed by atoms with Crippen molar-refractivity contribution >= 4 is 24.1 Å². The first-order chi connectivity index (χ1) is 27.2.